The zero-order valence-electron chi connectivity index (χ0n) is 8.50. The van der Waals surface area contributed by atoms with E-state index in [1.54, 1.807) is 11.1 Å². The predicted octanol–water partition coefficient (Wildman–Crippen LogP) is 2.17. The second-order valence-corrected chi connectivity index (χ2v) is 4.83. The minimum atomic E-state index is 0.516. The van der Waals surface area contributed by atoms with Gasteiger partial charge in [0.1, 0.15) is 0 Å². The van der Waals surface area contributed by atoms with Gasteiger partial charge in [-0.25, -0.2) is 5.32 Å². The van der Waals surface area contributed by atoms with Gasteiger partial charge in [0.15, 0.2) is 0 Å². The van der Waals surface area contributed by atoms with E-state index in [0.717, 1.165) is 13.1 Å². The van der Waals surface area contributed by atoms with Crippen molar-refractivity contribution >= 4 is 0 Å². The van der Waals surface area contributed by atoms with Crippen LogP contribution in [0.15, 0.2) is 24.3 Å². The van der Waals surface area contributed by atoms with Crippen molar-refractivity contribution in [1.29, 1.82) is 0 Å². The van der Waals surface area contributed by atoms with Gasteiger partial charge >= 0.3 is 0 Å². The standard InChI is InChI=1S/C13H16N/c1-2-5-12-9-13(8-11(12)4-1)6-3-7-14-10-13/h1-2,4-5H,3,6-10H2. The lowest BCUT2D eigenvalue weighted by Crippen LogP contribution is -2.36. The van der Waals surface area contributed by atoms with Crippen LogP contribution >= 0.6 is 0 Å². The molecule has 0 amide bonds. The van der Waals surface area contributed by atoms with E-state index in [0.29, 0.717) is 5.41 Å². The summed E-state index contributed by atoms with van der Waals surface area (Å²) in [4.78, 5) is 0. The topological polar surface area (TPSA) is 14.1 Å². The molecule has 1 heteroatoms. The molecule has 0 atom stereocenters. The molecule has 0 bridgehead atoms. The minimum Gasteiger partial charge on any atom is -0.241 e. The van der Waals surface area contributed by atoms with Crippen molar-refractivity contribution in [3.63, 3.8) is 0 Å². The van der Waals surface area contributed by atoms with Crippen molar-refractivity contribution < 1.29 is 0 Å². The summed E-state index contributed by atoms with van der Waals surface area (Å²) in [5, 5.41) is 4.60. The normalized spacial score (nSPS) is 23.7. The first-order valence-electron chi connectivity index (χ1n) is 5.58. The summed E-state index contributed by atoms with van der Waals surface area (Å²) >= 11 is 0. The van der Waals surface area contributed by atoms with E-state index >= 15 is 0 Å². The third-order valence-corrected chi connectivity index (χ3v) is 3.72. The van der Waals surface area contributed by atoms with Crippen LogP contribution < -0.4 is 5.32 Å². The average Bonchev–Trinajstić information content (AvgIpc) is 2.56. The number of fused-ring (bicyclic) bond motifs is 1. The Hall–Kier alpha value is -0.820. The van der Waals surface area contributed by atoms with Gasteiger partial charge < -0.3 is 0 Å². The van der Waals surface area contributed by atoms with Gasteiger partial charge in [0, 0.05) is 13.1 Å². The Labute approximate surface area is 85.5 Å². The Morgan fingerprint density at radius 1 is 1.07 bits per heavy atom. The number of nitrogens with zero attached hydrogens (tertiary/aromatic N) is 1. The Bertz CT molecular complexity index is 310. The van der Waals surface area contributed by atoms with Crippen molar-refractivity contribution in [3.8, 4) is 0 Å². The third-order valence-electron chi connectivity index (χ3n) is 3.72. The van der Waals surface area contributed by atoms with Crippen LogP contribution in [0.25, 0.3) is 0 Å². The predicted molar refractivity (Wildman–Crippen MR) is 57.4 cm³/mol. The van der Waals surface area contributed by atoms with E-state index in [1.807, 2.05) is 0 Å². The van der Waals surface area contributed by atoms with Crippen molar-refractivity contribution in [2.45, 2.75) is 25.7 Å². The highest BCUT2D eigenvalue weighted by Gasteiger charge is 2.38. The van der Waals surface area contributed by atoms with E-state index in [9.17, 15) is 0 Å². The molecule has 1 spiro atoms. The quantitative estimate of drug-likeness (QED) is 0.589. The summed E-state index contributed by atoms with van der Waals surface area (Å²) in [5.74, 6) is 0. The summed E-state index contributed by atoms with van der Waals surface area (Å²) < 4.78 is 0. The van der Waals surface area contributed by atoms with Gasteiger partial charge in [0.2, 0.25) is 0 Å². The lowest BCUT2D eigenvalue weighted by atomic mass is 9.78. The van der Waals surface area contributed by atoms with E-state index in [1.165, 1.54) is 25.7 Å². The van der Waals surface area contributed by atoms with Gasteiger partial charge in [0.05, 0.1) is 0 Å². The van der Waals surface area contributed by atoms with Crippen LogP contribution in [0.2, 0.25) is 0 Å². The molecule has 0 aromatic heterocycles. The third kappa shape index (κ3) is 1.27. The highest BCUT2D eigenvalue weighted by Crippen LogP contribution is 2.41. The number of piperidine rings is 1. The van der Waals surface area contributed by atoms with Crippen molar-refractivity contribution in [3.05, 3.63) is 35.4 Å². The van der Waals surface area contributed by atoms with E-state index < -0.39 is 0 Å². The first kappa shape index (κ1) is 8.49. The fraction of sp³-hybridized carbons (Fsp3) is 0.538. The molecule has 2 aliphatic rings. The van der Waals surface area contributed by atoms with Crippen LogP contribution in [0.4, 0.5) is 0 Å². The SMILES string of the molecule is c1ccc2c(c1)CC1(CCC[N]C1)C2. The fourth-order valence-corrected chi connectivity index (χ4v) is 3.02. The average molecular weight is 186 g/mol. The monoisotopic (exact) mass is 186 g/mol. The molecule has 1 aliphatic heterocycles. The molecule has 1 aromatic rings. The molecule has 73 valence electrons. The number of hydrogen-bond donors (Lipinski definition) is 0. The molecular weight excluding hydrogens is 170 g/mol. The van der Waals surface area contributed by atoms with Gasteiger partial charge in [-0.2, -0.15) is 0 Å². The molecule has 1 radical (unpaired) electrons. The molecule has 0 N–H and O–H groups in total. The molecule has 3 rings (SSSR count). The highest BCUT2D eigenvalue weighted by atomic mass is 14.9. The van der Waals surface area contributed by atoms with Crippen LogP contribution in [0, 0.1) is 5.41 Å². The zero-order chi connectivity index (χ0) is 9.43. The number of benzene rings is 1. The molecule has 1 aromatic carbocycles. The Balaban J connectivity index is 1.89. The van der Waals surface area contributed by atoms with Crippen molar-refractivity contribution in [2.75, 3.05) is 13.1 Å². The Morgan fingerprint density at radius 3 is 2.36 bits per heavy atom. The summed E-state index contributed by atoms with van der Waals surface area (Å²) in [6, 6.07) is 8.91. The Kier molecular flexibility index (Phi) is 1.88. The maximum atomic E-state index is 4.60. The molecule has 0 unspecified atom stereocenters. The molecule has 14 heavy (non-hydrogen) atoms. The van der Waals surface area contributed by atoms with E-state index in [-0.39, 0.29) is 0 Å². The molecule has 1 nitrogen and oxygen atoms in total. The molecule has 1 heterocycles. The van der Waals surface area contributed by atoms with Gasteiger partial charge in [0.25, 0.3) is 0 Å². The number of hydrogen-bond acceptors (Lipinski definition) is 0. The van der Waals surface area contributed by atoms with Crippen LogP contribution in [0.5, 0.6) is 0 Å². The first-order valence-corrected chi connectivity index (χ1v) is 5.58. The highest BCUT2D eigenvalue weighted by molar-refractivity contribution is 5.34. The fourth-order valence-electron chi connectivity index (χ4n) is 3.02. The van der Waals surface area contributed by atoms with Gasteiger partial charge in [-0.1, -0.05) is 24.3 Å². The first-order chi connectivity index (χ1) is 6.88. The molecule has 1 saturated heterocycles. The second-order valence-electron chi connectivity index (χ2n) is 4.83. The smallest absolute Gasteiger partial charge is 0.0196 e. The van der Waals surface area contributed by atoms with Crippen LogP contribution in [0.1, 0.15) is 24.0 Å². The molecular formula is C13H16N. The summed E-state index contributed by atoms with van der Waals surface area (Å²) in [7, 11) is 0. The lowest BCUT2D eigenvalue weighted by Gasteiger charge is -2.32. The maximum Gasteiger partial charge on any atom is 0.0196 e. The Morgan fingerprint density at radius 2 is 1.79 bits per heavy atom. The van der Waals surface area contributed by atoms with E-state index in [2.05, 4.69) is 29.6 Å². The maximum absolute atomic E-state index is 4.60. The van der Waals surface area contributed by atoms with Gasteiger partial charge in [-0.3, -0.25) is 0 Å². The minimum absolute atomic E-state index is 0.516. The van der Waals surface area contributed by atoms with Gasteiger partial charge in [-0.05, 0) is 42.2 Å². The zero-order valence-corrected chi connectivity index (χ0v) is 8.50. The van der Waals surface area contributed by atoms with Crippen LogP contribution in [-0.4, -0.2) is 13.1 Å². The van der Waals surface area contributed by atoms with E-state index in [4.69, 9.17) is 0 Å². The molecule has 1 fully saturated rings. The van der Waals surface area contributed by atoms with Crippen molar-refractivity contribution in [1.82, 2.24) is 5.32 Å². The molecule has 0 saturated carbocycles. The summed E-state index contributed by atoms with van der Waals surface area (Å²) in [6.45, 7) is 2.19. The van der Waals surface area contributed by atoms with Crippen LogP contribution in [-0.2, 0) is 12.8 Å². The molecule has 1 aliphatic carbocycles. The van der Waals surface area contributed by atoms with Crippen LogP contribution in [0.3, 0.4) is 0 Å². The van der Waals surface area contributed by atoms with Gasteiger partial charge in [-0.15, -0.1) is 0 Å². The number of rotatable bonds is 0. The second kappa shape index (κ2) is 3.09. The summed E-state index contributed by atoms with van der Waals surface area (Å²) in [6.07, 6.45) is 5.22. The largest absolute Gasteiger partial charge is 0.241 e. The summed E-state index contributed by atoms with van der Waals surface area (Å²) in [5.41, 5.74) is 3.66. The van der Waals surface area contributed by atoms with Crippen molar-refractivity contribution in [2.24, 2.45) is 5.41 Å². The lowest BCUT2D eigenvalue weighted by molar-refractivity contribution is 0.219.